The SMILES string of the molecule is Cc1cncc(C(=O)c2cnn3c(-c4cccnc4)ccnc23)c1. The van der Waals surface area contributed by atoms with Crippen LogP contribution >= 0.6 is 0 Å². The van der Waals surface area contributed by atoms with Gasteiger partial charge in [0.25, 0.3) is 0 Å². The highest BCUT2D eigenvalue weighted by Gasteiger charge is 2.18. The predicted octanol–water partition coefficient (Wildman–Crippen LogP) is 2.73. The van der Waals surface area contributed by atoms with Crippen LogP contribution < -0.4 is 0 Å². The summed E-state index contributed by atoms with van der Waals surface area (Å²) in [4.78, 5) is 25.3. The smallest absolute Gasteiger partial charge is 0.200 e. The fourth-order valence-corrected chi connectivity index (χ4v) is 2.62. The van der Waals surface area contributed by atoms with Crippen molar-refractivity contribution in [3.63, 3.8) is 0 Å². The molecule has 0 amide bonds. The molecular weight excluding hydrogens is 302 g/mol. The molecule has 116 valence electrons. The molecule has 0 saturated carbocycles. The zero-order valence-corrected chi connectivity index (χ0v) is 12.9. The summed E-state index contributed by atoms with van der Waals surface area (Å²) in [6.07, 6.45) is 9.96. The Balaban J connectivity index is 1.86. The lowest BCUT2D eigenvalue weighted by atomic mass is 10.1. The van der Waals surface area contributed by atoms with Gasteiger partial charge in [0, 0.05) is 42.1 Å². The number of carbonyl (C=O) groups excluding carboxylic acids is 1. The second kappa shape index (κ2) is 5.66. The summed E-state index contributed by atoms with van der Waals surface area (Å²) in [5.41, 5.74) is 4.16. The molecule has 0 radical (unpaired) electrons. The number of hydrogen-bond acceptors (Lipinski definition) is 5. The largest absolute Gasteiger partial charge is 0.288 e. The van der Waals surface area contributed by atoms with Gasteiger partial charge in [0.05, 0.1) is 17.5 Å². The lowest BCUT2D eigenvalue weighted by Crippen LogP contribution is -2.03. The predicted molar refractivity (Wildman–Crippen MR) is 88.6 cm³/mol. The van der Waals surface area contributed by atoms with E-state index < -0.39 is 0 Å². The van der Waals surface area contributed by atoms with Crippen molar-refractivity contribution in [2.45, 2.75) is 6.92 Å². The number of carbonyl (C=O) groups is 1. The molecule has 0 aliphatic heterocycles. The third-order valence-electron chi connectivity index (χ3n) is 3.74. The van der Waals surface area contributed by atoms with Gasteiger partial charge in [-0.05, 0) is 36.8 Å². The van der Waals surface area contributed by atoms with Crippen molar-refractivity contribution in [2.24, 2.45) is 0 Å². The van der Waals surface area contributed by atoms with Crippen LogP contribution in [-0.2, 0) is 0 Å². The number of pyridine rings is 2. The van der Waals surface area contributed by atoms with E-state index in [0.29, 0.717) is 16.8 Å². The van der Waals surface area contributed by atoms with Gasteiger partial charge in [-0.1, -0.05) is 0 Å². The maximum Gasteiger partial charge on any atom is 0.200 e. The zero-order chi connectivity index (χ0) is 16.5. The maximum absolute atomic E-state index is 12.8. The molecule has 0 aliphatic carbocycles. The Hall–Kier alpha value is -3.41. The third kappa shape index (κ3) is 2.34. The summed E-state index contributed by atoms with van der Waals surface area (Å²) in [5, 5.41) is 4.35. The summed E-state index contributed by atoms with van der Waals surface area (Å²) in [6.45, 7) is 1.90. The average molecular weight is 315 g/mol. The van der Waals surface area contributed by atoms with E-state index in [-0.39, 0.29) is 5.78 Å². The van der Waals surface area contributed by atoms with E-state index in [1.165, 1.54) is 0 Å². The van der Waals surface area contributed by atoms with Crippen LogP contribution in [0.15, 0.2) is 61.4 Å². The van der Waals surface area contributed by atoms with Crippen LogP contribution in [0.1, 0.15) is 21.5 Å². The number of aryl methyl sites for hydroxylation is 1. The van der Waals surface area contributed by atoms with Gasteiger partial charge in [-0.3, -0.25) is 14.8 Å². The Morgan fingerprint density at radius 2 is 1.96 bits per heavy atom. The van der Waals surface area contributed by atoms with Crippen LogP contribution in [0.25, 0.3) is 16.9 Å². The highest BCUT2D eigenvalue weighted by Crippen LogP contribution is 2.21. The first-order chi connectivity index (χ1) is 11.7. The van der Waals surface area contributed by atoms with Gasteiger partial charge in [-0.25, -0.2) is 9.50 Å². The Labute approximate surface area is 137 Å². The molecule has 0 aromatic carbocycles. The maximum atomic E-state index is 12.8. The van der Waals surface area contributed by atoms with E-state index in [0.717, 1.165) is 16.8 Å². The van der Waals surface area contributed by atoms with Crippen LogP contribution in [0, 0.1) is 6.92 Å². The molecule has 6 nitrogen and oxygen atoms in total. The Kier molecular flexibility index (Phi) is 3.35. The van der Waals surface area contributed by atoms with Crippen molar-refractivity contribution in [1.29, 1.82) is 0 Å². The van der Waals surface area contributed by atoms with Gasteiger partial charge in [-0.15, -0.1) is 0 Å². The molecule has 6 heteroatoms. The molecular formula is C18H13N5O. The number of hydrogen-bond donors (Lipinski definition) is 0. The van der Waals surface area contributed by atoms with E-state index in [4.69, 9.17) is 0 Å². The number of fused-ring (bicyclic) bond motifs is 1. The first-order valence-electron chi connectivity index (χ1n) is 7.43. The van der Waals surface area contributed by atoms with E-state index in [2.05, 4.69) is 20.1 Å². The molecule has 4 heterocycles. The Bertz CT molecular complexity index is 1040. The van der Waals surface area contributed by atoms with E-state index >= 15 is 0 Å². The van der Waals surface area contributed by atoms with Crippen molar-refractivity contribution in [2.75, 3.05) is 0 Å². The minimum atomic E-state index is -0.142. The summed E-state index contributed by atoms with van der Waals surface area (Å²) < 4.78 is 1.66. The summed E-state index contributed by atoms with van der Waals surface area (Å²) in [6, 6.07) is 7.45. The van der Waals surface area contributed by atoms with E-state index in [1.807, 2.05) is 31.2 Å². The minimum absolute atomic E-state index is 0.142. The second-order valence-corrected chi connectivity index (χ2v) is 5.45. The van der Waals surface area contributed by atoms with Crippen LogP contribution in [0.2, 0.25) is 0 Å². The summed E-state index contributed by atoms with van der Waals surface area (Å²) in [5.74, 6) is -0.142. The fourth-order valence-electron chi connectivity index (χ4n) is 2.62. The van der Waals surface area contributed by atoms with Crippen LogP contribution in [0.4, 0.5) is 0 Å². The highest BCUT2D eigenvalue weighted by atomic mass is 16.1. The molecule has 0 fully saturated rings. The van der Waals surface area contributed by atoms with Crippen molar-refractivity contribution in [3.8, 4) is 11.3 Å². The molecule has 4 aromatic rings. The number of aromatic nitrogens is 5. The average Bonchev–Trinajstić information content (AvgIpc) is 3.06. The highest BCUT2D eigenvalue weighted by molar-refractivity contribution is 6.12. The molecule has 4 rings (SSSR count). The standard InChI is InChI=1S/C18H13N5O/c1-12-7-14(10-20-8-12)17(24)15-11-22-23-16(4-6-21-18(15)23)13-3-2-5-19-9-13/h2-11H,1H3. The first kappa shape index (κ1) is 14.2. The van der Waals surface area contributed by atoms with Gasteiger partial charge in [-0.2, -0.15) is 5.10 Å². The van der Waals surface area contributed by atoms with Crippen molar-refractivity contribution in [3.05, 3.63) is 78.1 Å². The normalized spacial score (nSPS) is 10.9. The van der Waals surface area contributed by atoms with Crippen molar-refractivity contribution in [1.82, 2.24) is 24.6 Å². The number of ketones is 1. The number of rotatable bonds is 3. The van der Waals surface area contributed by atoms with Gasteiger partial charge in [0.15, 0.2) is 11.4 Å². The molecule has 24 heavy (non-hydrogen) atoms. The zero-order valence-electron chi connectivity index (χ0n) is 12.9. The van der Waals surface area contributed by atoms with E-state index in [1.54, 1.807) is 41.7 Å². The van der Waals surface area contributed by atoms with Gasteiger partial charge in [0.1, 0.15) is 0 Å². The van der Waals surface area contributed by atoms with Gasteiger partial charge < -0.3 is 0 Å². The molecule has 0 spiro atoms. The van der Waals surface area contributed by atoms with Crippen molar-refractivity contribution >= 4 is 11.4 Å². The second-order valence-electron chi connectivity index (χ2n) is 5.45. The fraction of sp³-hybridized carbons (Fsp3) is 0.0556. The molecule has 0 saturated heterocycles. The molecule has 0 unspecified atom stereocenters. The molecule has 0 N–H and O–H groups in total. The van der Waals surface area contributed by atoms with Gasteiger partial charge in [0.2, 0.25) is 0 Å². The quantitative estimate of drug-likeness (QED) is 0.544. The van der Waals surface area contributed by atoms with Crippen LogP contribution in [-0.4, -0.2) is 30.3 Å². The Morgan fingerprint density at radius 1 is 1.04 bits per heavy atom. The Morgan fingerprint density at radius 3 is 2.75 bits per heavy atom. The molecule has 0 atom stereocenters. The van der Waals surface area contributed by atoms with E-state index in [9.17, 15) is 4.79 Å². The van der Waals surface area contributed by atoms with Crippen LogP contribution in [0.5, 0.6) is 0 Å². The summed E-state index contributed by atoms with van der Waals surface area (Å²) >= 11 is 0. The topological polar surface area (TPSA) is 73.0 Å². The third-order valence-corrected chi connectivity index (χ3v) is 3.74. The first-order valence-corrected chi connectivity index (χ1v) is 7.43. The molecule has 4 aromatic heterocycles. The minimum Gasteiger partial charge on any atom is -0.288 e. The van der Waals surface area contributed by atoms with Crippen LogP contribution in [0.3, 0.4) is 0 Å². The molecule has 0 bridgehead atoms. The van der Waals surface area contributed by atoms with Crippen molar-refractivity contribution < 1.29 is 4.79 Å². The number of nitrogens with zero attached hydrogens (tertiary/aromatic N) is 5. The monoisotopic (exact) mass is 315 g/mol. The lowest BCUT2D eigenvalue weighted by Gasteiger charge is -2.04. The molecule has 0 aliphatic rings. The lowest BCUT2D eigenvalue weighted by molar-refractivity contribution is 0.103. The van der Waals surface area contributed by atoms with Gasteiger partial charge >= 0.3 is 0 Å². The summed E-state index contributed by atoms with van der Waals surface area (Å²) in [7, 11) is 0.